The smallest absolute Gasteiger partial charge is 0.465 e. The van der Waals surface area contributed by atoms with Crippen LogP contribution in [0.15, 0.2) is 84.9 Å². The van der Waals surface area contributed by atoms with Gasteiger partial charge in [-0.2, -0.15) is 0 Å². The molecule has 0 atom stereocenters. The fraction of sp³-hybridized carbons (Fsp3) is 0.282. The number of methoxy groups -OCH3 is 1. The molecular weight excluding hydrogens is 704 g/mol. The normalized spacial score (nSPS) is 15.2. The minimum atomic E-state index is -4.76. The molecule has 53 heavy (non-hydrogen) atoms. The molecule has 10 nitrogen and oxygen atoms in total. The summed E-state index contributed by atoms with van der Waals surface area (Å²) in [6, 6.07) is 25.7. The van der Waals surface area contributed by atoms with Gasteiger partial charge < -0.3 is 29.2 Å². The zero-order chi connectivity index (χ0) is 36.7. The standard InChI is InChI=1S/C39H36F3N7O3S/c1-3-47-18-20-48(21-19-47)33-23-34-32(43-35(49(34)29-14-15-29)26-12-16-30(17-13-26)52-39(40,41)42)22-31(33)44-38-46-45-36(53-38)27-8-4-24(5-9-27)25-6-10-28(11-7-25)37(50)51-2/h4-13,16-17,22-23,29H,3,14-15,18-21H2,1-2H3,(H,44,46). The first-order valence-corrected chi connectivity index (χ1v) is 18.3. The minimum Gasteiger partial charge on any atom is -0.465 e. The van der Waals surface area contributed by atoms with Gasteiger partial charge in [0.15, 0.2) is 0 Å². The Kier molecular flexibility index (Phi) is 9.25. The number of benzene rings is 4. The van der Waals surface area contributed by atoms with Crippen LogP contribution in [0.4, 0.5) is 29.7 Å². The van der Waals surface area contributed by atoms with E-state index in [0.29, 0.717) is 22.1 Å². The van der Waals surface area contributed by atoms with Crippen molar-refractivity contribution in [1.29, 1.82) is 0 Å². The van der Waals surface area contributed by atoms with E-state index in [-0.39, 0.29) is 17.8 Å². The van der Waals surface area contributed by atoms with Gasteiger partial charge in [-0.1, -0.05) is 54.7 Å². The second kappa shape index (κ2) is 14.2. The fourth-order valence-corrected chi connectivity index (χ4v) is 7.50. The van der Waals surface area contributed by atoms with Crippen LogP contribution in [0.25, 0.3) is 44.1 Å². The van der Waals surface area contributed by atoms with Crippen molar-refractivity contribution in [3.63, 3.8) is 0 Å². The number of anilines is 3. The number of imidazole rings is 1. The Morgan fingerprint density at radius 1 is 0.868 bits per heavy atom. The van der Waals surface area contributed by atoms with Crippen molar-refractivity contribution in [2.24, 2.45) is 0 Å². The zero-order valence-electron chi connectivity index (χ0n) is 29.1. The maximum atomic E-state index is 12.8. The van der Waals surface area contributed by atoms with E-state index >= 15 is 0 Å². The Balaban J connectivity index is 1.10. The molecule has 1 saturated carbocycles. The van der Waals surface area contributed by atoms with Crippen LogP contribution >= 0.6 is 11.3 Å². The van der Waals surface area contributed by atoms with E-state index in [1.165, 1.54) is 30.6 Å². The highest BCUT2D eigenvalue weighted by molar-refractivity contribution is 7.18. The summed E-state index contributed by atoms with van der Waals surface area (Å²) in [5.74, 6) is 0.0685. The number of nitrogens with one attached hydrogen (secondary N) is 1. The van der Waals surface area contributed by atoms with E-state index in [0.717, 1.165) is 89.7 Å². The van der Waals surface area contributed by atoms with Crippen molar-refractivity contribution in [1.82, 2.24) is 24.6 Å². The zero-order valence-corrected chi connectivity index (χ0v) is 29.9. The molecule has 0 amide bonds. The van der Waals surface area contributed by atoms with E-state index in [4.69, 9.17) is 9.72 Å². The highest BCUT2D eigenvalue weighted by Gasteiger charge is 2.32. The third-order valence-corrected chi connectivity index (χ3v) is 10.6. The van der Waals surface area contributed by atoms with E-state index in [9.17, 15) is 18.0 Å². The van der Waals surface area contributed by atoms with E-state index in [2.05, 4.69) is 47.6 Å². The lowest BCUT2D eigenvalue weighted by Crippen LogP contribution is -2.46. The number of carbonyl (C=O) groups is 1. The van der Waals surface area contributed by atoms with Gasteiger partial charge in [-0.05, 0) is 79.0 Å². The molecule has 1 N–H and O–H groups in total. The molecule has 272 valence electrons. The average molecular weight is 740 g/mol. The average Bonchev–Trinajstić information content (AvgIpc) is 3.79. The Bertz CT molecular complexity index is 2240. The van der Waals surface area contributed by atoms with Gasteiger partial charge in [0, 0.05) is 43.3 Å². The van der Waals surface area contributed by atoms with Gasteiger partial charge in [0.1, 0.15) is 16.6 Å². The van der Waals surface area contributed by atoms with Gasteiger partial charge in [-0.25, -0.2) is 9.78 Å². The van der Waals surface area contributed by atoms with Crippen molar-refractivity contribution in [2.45, 2.75) is 32.2 Å². The molecular formula is C39H36F3N7O3S. The van der Waals surface area contributed by atoms with Gasteiger partial charge in [0.25, 0.3) is 0 Å². The Morgan fingerprint density at radius 3 is 2.13 bits per heavy atom. The number of aromatic nitrogens is 4. The van der Waals surface area contributed by atoms with Crippen molar-refractivity contribution >= 4 is 44.8 Å². The lowest BCUT2D eigenvalue weighted by Gasteiger charge is -2.36. The van der Waals surface area contributed by atoms with Crippen molar-refractivity contribution in [2.75, 3.05) is 50.1 Å². The highest BCUT2D eigenvalue weighted by atomic mass is 32.1. The van der Waals surface area contributed by atoms with Crippen LogP contribution in [0.3, 0.4) is 0 Å². The van der Waals surface area contributed by atoms with E-state index in [1.807, 2.05) is 42.5 Å². The van der Waals surface area contributed by atoms with Crippen LogP contribution in [0, 0.1) is 0 Å². The second-order valence-electron chi connectivity index (χ2n) is 13.1. The monoisotopic (exact) mass is 739 g/mol. The second-order valence-corrected chi connectivity index (χ2v) is 14.0. The molecule has 0 bridgehead atoms. The number of hydrogen-bond donors (Lipinski definition) is 1. The first kappa shape index (κ1) is 34.6. The molecule has 8 rings (SSSR count). The fourth-order valence-electron chi connectivity index (χ4n) is 6.74. The van der Waals surface area contributed by atoms with E-state index in [1.54, 1.807) is 24.3 Å². The van der Waals surface area contributed by atoms with Crippen molar-refractivity contribution < 1.29 is 27.4 Å². The van der Waals surface area contributed by atoms with E-state index < -0.39 is 6.36 Å². The Morgan fingerprint density at radius 2 is 1.51 bits per heavy atom. The number of piperazine rings is 1. The number of hydrogen-bond acceptors (Lipinski definition) is 10. The number of carbonyl (C=O) groups excluding carboxylic acids is 1. The molecule has 2 aliphatic rings. The Labute approximate surface area is 307 Å². The van der Waals surface area contributed by atoms with Crippen LogP contribution in [-0.2, 0) is 4.74 Å². The van der Waals surface area contributed by atoms with Crippen LogP contribution < -0.4 is 15.0 Å². The SMILES string of the molecule is CCN1CCN(c2cc3c(cc2Nc2nnc(-c4ccc(-c5ccc(C(=O)OC)cc5)cc4)s2)nc(-c2ccc(OC(F)(F)F)cc2)n3C2CC2)CC1. The molecule has 6 aromatic rings. The summed E-state index contributed by atoms with van der Waals surface area (Å²) in [5.41, 5.74) is 7.78. The van der Waals surface area contributed by atoms with Gasteiger partial charge in [-0.15, -0.1) is 23.4 Å². The maximum absolute atomic E-state index is 12.8. The summed E-state index contributed by atoms with van der Waals surface area (Å²) in [5, 5.41) is 14.0. The van der Waals surface area contributed by atoms with Crippen LogP contribution in [0.2, 0.25) is 0 Å². The molecule has 1 aliphatic heterocycles. The number of halogens is 3. The first-order chi connectivity index (χ1) is 25.7. The molecule has 0 spiro atoms. The molecule has 2 aromatic heterocycles. The van der Waals surface area contributed by atoms with Gasteiger partial charge in [0.05, 0.1) is 35.1 Å². The Hall–Kier alpha value is -5.47. The number of ether oxygens (including phenoxy) is 2. The lowest BCUT2D eigenvalue weighted by atomic mass is 10.0. The number of nitrogens with zero attached hydrogens (tertiary/aromatic N) is 6. The van der Waals surface area contributed by atoms with Crippen molar-refractivity contribution in [3.05, 3.63) is 90.5 Å². The first-order valence-electron chi connectivity index (χ1n) is 17.4. The maximum Gasteiger partial charge on any atom is 0.573 e. The lowest BCUT2D eigenvalue weighted by molar-refractivity contribution is -0.274. The molecule has 3 heterocycles. The summed E-state index contributed by atoms with van der Waals surface area (Å²) in [7, 11) is 1.36. The number of esters is 1. The van der Waals surface area contributed by atoms with Gasteiger partial charge in [-0.3, -0.25) is 0 Å². The molecule has 14 heteroatoms. The van der Waals surface area contributed by atoms with Crippen LogP contribution in [-0.4, -0.2) is 76.8 Å². The topological polar surface area (TPSA) is 97.6 Å². The summed E-state index contributed by atoms with van der Waals surface area (Å²) < 4.78 is 49.7. The van der Waals surface area contributed by atoms with Crippen LogP contribution in [0.1, 0.15) is 36.2 Å². The predicted molar refractivity (Wildman–Crippen MR) is 200 cm³/mol. The highest BCUT2D eigenvalue weighted by Crippen LogP contribution is 2.44. The third-order valence-electron chi connectivity index (χ3n) is 9.66. The quantitative estimate of drug-likeness (QED) is 0.138. The number of fused-ring (bicyclic) bond motifs is 1. The number of rotatable bonds is 10. The largest absolute Gasteiger partial charge is 0.573 e. The molecule has 1 saturated heterocycles. The molecule has 2 fully saturated rings. The molecule has 1 aliphatic carbocycles. The molecule has 0 unspecified atom stereocenters. The van der Waals surface area contributed by atoms with Gasteiger partial charge in [0.2, 0.25) is 5.13 Å². The minimum absolute atomic E-state index is 0.265. The van der Waals surface area contributed by atoms with Crippen LogP contribution in [0.5, 0.6) is 5.75 Å². The summed E-state index contributed by atoms with van der Waals surface area (Å²) in [6.45, 7) is 6.79. The number of likely N-dealkylation sites (N-methyl/N-ethyl adjacent to an activating group) is 1. The summed E-state index contributed by atoms with van der Waals surface area (Å²) in [6.07, 6.45) is -2.74. The third kappa shape index (κ3) is 7.42. The number of alkyl halides is 3. The predicted octanol–water partition coefficient (Wildman–Crippen LogP) is 8.79. The van der Waals surface area contributed by atoms with Crippen molar-refractivity contribution in [3.8, 4) is 38.8 Å². The summed E-state index contributed by atoms with van der Waals surface area (Å²) >= 11 is 1.45. The molecule has 0 radical (unpaired) electrons. The molecule has 4 aromatic carbocycles. The van der Waals surface area contributed by atoms with Gasteiger partial charge >= 0.3 is 12.3 Å². The summed E-state index contributed by atoms with van der Waals surface area (Å²) in [4.78, 5) is 21.7.